The molecule has 0 radical (unpaired) electrons. The molecule has 2 unspecified atom stereocenters. The van der Waals surface area contributed by atoms with Crippen LogP contribution in [0.15, 0.2) is 28.1 Å². The molecule has 2 aromatic carbocycles. The first kappa shape index (κ1) is 20.9. The number of aromatic nitrogens is 4. The molecule has 0 N–H and O–H groups in total. The molecule has 8 heteroatoms. The predicted octanol–water partition coefficient (Wildman–Crippen LogP) is 4.01. The van der Waals surface area contributed by atoms with Gasteiger partial charge in [-0.3, -0.25) is 8.42 Å². The summed E-state index contributed by atoms with van der Waals surface area (Å²) in [6.07, 6.45) is 1.66. The Morgan fingerprint density at radius 3 is 2.30 bits per heavy atom. The minimum Gasteiger partial charge on any atom is -0.311 e. The predicted molar refractivity (Wildman–Crippen MR) is 124 cm³/mol. The maximum absolute atomic E-state index is 13.2. The van der Waals surface area contributed by atoms with E-state index in [-0.39, 0.29) is 0 Å². The van der Waals surface area contributed by atoms with Gasteiger partial charge in [0.25, 0.3) is 0 Å². The van der Waals surface area contributed by atoms with Crippen molar-refractivity contribution in [1.82, 2.24) is 19.3 Å². The van der Waals surface area contributed by atoms with Gasteiger partial charge < -0.3 is 4.57 Å². The number of fused-ring (bicyclic) bond motifs is 2. The third-order valence-electron chi connectivity index (χ3n) is 6.09. The Morgan fingerprint density at radius 1 is 1.00 bits per heavy atom. The van der Waals surface area contributed by atoms with Crippen molar-refractivity contribution in [1.29, 1.82) is 0 Å². The summed E-state index contributed by atoms with van der Waals surface area (Å²) in [5.41, 5.74) is 7.14. The third kappa shape index (κ3) is 2.96. The first-order valence-corrected chi connectivity index (χ1v) is 12.7. The highest BCUT2D eigenvalue weighted by molar-refractivity contribution is 7.85. The molecule has 0 spiro atoms. The lowest BCUT2D eigenvalue weighted by Gasteiger charge is -2.11. The molecule has 0 aliphatic heterocycles. The SMILES string of the molecule is CCS(=O)c1c2c(C)c(C)c(C)c(C)c2nn1-c1nc2cc(S(C)=O)ccc2n1C. The Morgan fingerprint density at radius 2 is 1.67 bits per heavy atom. The number of aryl methyl sites for hydroxylation is 3. The van der Waals surface area contributed by atoms with Crippen LogP contribution in [-0.2, 0) is 28.6 Å². The van der Waals surface area contributed by atoms with E-state index in [1.54, 1.807) is 10.9 Å². The van der Waals surface area contributed by atoms with Crippen molar-refractivity contribution in [3.63, 3.8) is 0 Å². The summed E-state index contributed by atoms with van der Waals surface area (Å²) in [6.45, 7) is 10.3. The van der Waals surface area contributed by atoms with Crippen LogP contribution in [0.5, 0.6) is 0 Å². The van der Waals surface area contributed by atoms with E-state index in [1.807, 2.05) is 36.7 Å². The van der Waals surface area contributed by atoms with Crippen molar-refractivity contribution >= 4 is 43.5 Å². The second kappa shape index (κ2) is 7.42. The summed E-state index contributed by atoms with van der Waals surface area (Å²) in [5, 5.41) is 6.55. The number of hydrogen-bond acceptors (Lipinski definition) is 4. The summed E-state index contributed by atoms with van der Waals surface area (Å²) < 4.78 is 28.8. The van der Waals surface area contributed by atoms with Gasteiger partial charge in [-0.1, -0.05) is 6.92 Å². The molecule has 4 rings (SSSR count). The lowest BCUT2D eigenvalue weighted by molar-refractivity contribution is 0.664. The van der Waals surface area contributed by atoms with Crippen LogP contribution in [0.25, 0.3) is 27.9 Å². The van der Waals surface area contributed by atoms with E-state index in [0.29, 0.717) is 16.7 Å². The average molecular weight is 443 g/mol. The van der Waals surface area contributed by atoms with E-state index in [0.717, 1.165) is 38.0 Å². The van der Waals surface area contributed by atoms with Gasteiger partial charge in [-0.25, -0.2) is 4.98 Å². The highest BCUT2D eigenvalue weighted by Gasteiger charge is 2.25. The lowest BCUT2D eigenvalue weighted by Crippen LogP contribution is -2.10. The molecule has 0 amide bonds. The van der Waals surface area contributed by atoms with E-state index in [4.69, 9.17) is 10.1 Å². The second-order valence-corrected chi connectivity index (χ2v) is 10.7. The molecule has 2 aromatic heterocycles. The smallest absolute Gasteiger partial charge is 0.232 e. The van der Waals surface area contributed by atoms with Gasteiger partial charge in [0.05, 0.1) is 27.3 Å². The van der Waals surface area contributed by atoms with Crippen molar-refractivity contribution in [2.24, 2.45) is 7.05 Å². The molecule has 2 atom stereocenters. The second-order valence-electron chi connectivity index (χ2n) is 7.65. The van der Waals surface area contributed by atoms with Crippen molar-refractivity contribution in [2.45, 2.75) is 44.5 Å². The zero-order valence-corrected chi connectivity index (χ0v) is 20.0. The summed E-state index contributed by atoms with van der Waals surface area (Å²) in [6, 6.07) is 5.63. The fourth-order valence-corrected chi connectivity index (χ4v) is 5.55. The summed E-state index contributed by atoms with van der Waals surface area (Å²) in [7, 11) is -0.382. The van der Waals surface area contributed by atoms with Crippen molar-refractivity contribution in [3.8, 4) is 5.95 Å². The van der Waals surface area contributed by atoms with Gasteiger partial charge in [-0.15, -0.1) is 0 Å². The van der Waals surface area contributed by atoms with Crippen LogP contribution in [0.4, 0.5) is 0 Å². The van der Waals surface area contributed by atoms with Crippen molar-refractivity contribution in [3.05, 3.63) is 40.5 Å². The zero-order valence-electron chi connectivity index (χ0n) is 18.4. The Kier molecular flexibility index (Phi) is 5.18. The number of hydrogen-bond donors (Lipinski definition) is 0. The standard InChI is InChI=1S/C22H26N4O2S2/c1-8-30(28)21-19-14(4)12(2)13(3)15(5)20(19)24-26(21)22-23-17-11-16(29(7)27)9-10-18(17)25(22)6/h9-11H,8H2,1-7H3. The summed E-state index contributed by atoms with van der Waals surface area (Å²) in [5.74, 6) is 1.10. The largest absolute Gasteiger partial charge is 0.311 e. The minimum absolute atomic E-state index is 0.495. The van der Waals surface area contributed by atoms with Crippen LogP contribution in [-0.4, -0.2) is 39.8 Å². The van der Waals surface area contributed by atoms with Crippen LogP contribution in [0.1, 0.15) is 29.2 Å². The van der Waals surface area contributed by atoms with Gasteiger partial charge >= 0.3 is 0 Å². The first-order chi connectivity index (χ1) is 14.2. The van der Waals surface area contributed by atoms with Crippen molar-refractivity contribution < 1.29 is 8.42 Å². The molecule has 0 saturated carbocycles. The van der Waals surface area contributed by atoms with E-state index in [1.165, 1.54) is 11.1 Å². The van der Waals surface area contributed by atoms with E-state index >= 15 is 0 Å². The van der Waals surface area contributed by atoms with Crippen LogP contribution < -0.4 is 0 Å². The Labute approximate surface area is 181 Å². The average Bonchev–Trinajstić information content (AvgIpc) is 3.28. The lowest BCUT2D eigenvalue weighted by atomic mass is 9.96. The molecule has 6 nitrogen and oxygen atoms in total. The van der Waals surface area contributed by atoms with Gasteiger partial charge in [0.1, 0.15) is 5.03 Å². The van der Waals surface area contributed by atoms with Crippen LogP contribution >= 0.6 is 0 Å². The fourth-order valence-electron chi connectivity index (χ4n) is 3.95. The zero-order chi connectivity index (χ0) is 21.9. The Bertz CT molecular complexity index is 1380. The highest BCUT2D eigenvalue weighted by Crippen LogP contribution is 2.34. The van der Waals surface area contributed by atoms with Gasteiger partial charge in [0.2, 0.25) is 5.95 Å². The number of nitrogens with zero attached hydrogens (tertiary/aromatic N) is 4. The van der Waals surface area contributed by atoms with Crippen LogP contribution in [0.3, 0.4) is 0 Å². The van der Waals surface area contributed by atoms with E-state index in [9.17, 15) is 8.42 Å². The molecule has 2 heterocycles. The normalized spacial score (nSPS) is 14.0. The summed E-state index contributed by atoms with van der Waals surface area (Å²) >= 11 is 0. The number of imidazole rings is 1. The molecule has 0 aliphatic rings. The van der Waals surface area contributed by atoms with Crippen molar-refractivity contribution in [2.75, 3.05) is 12.0 Å². The van der Waals surface area contributed by atoms with Crippen LogP contribution in [0, 0.1) is 27.7 Å². The third-order valence-corrected chi connectivity index (χ3v) is 8.34. The van der Waals surface area contributed by atoms with Gasteiger partial charge in [-0.05, 0) is 68.1 Å². The fraction of sp³-hybridized carbons (Fsp3) is 0.364. The molecule has 158 valence electrons. The van der Waals surface area contributed by atoms with Gasteiger partial charge in [0, 0.05) is 40.1 Å². The monoisotopic (exact) mass is 442 g/mol. The molecular formula is C22H26N4O2S2. The van der Waals surface area contributed by atoms with Gasteiger partial charge in [0.15, 0.2) is 0 Å². The molecule has 30 heavy (non-hydrogen) atoms. The Balaban J connectivity index is 2.12. The molecule has 0 saturated heterocycles. The topological polar surface area (TPSA) is 69.8 Å². The molecule has 0 bridgehead atoms. The maximum atomic E-state index is 13.2. The van der Waals surface area contributed by atoms with Gasteiger partial charge in [-0.2, -0.15) is 9.78 Å². The summed E-state index contributed by atoms with van der Waals surface area (Å²) in [4.78, 5) is 5.53. The Hall–Kier alpha value is -2.32. The first-order valence-electron chi connectivity index (χ1n) is 9.85. The minimum atomic E-state index is -1.22. The molecule has 0 fully saturated rings. The maximum Gasteiger partial charge on any atom is 0.232 e. The molecular weight excluding hydrogens is 416 g/mol. The van der Waals surface area contributed by atoms with Crippen LogP contribution in [0.2, 0.25) is 0 Å². The number of rotatable bonds is 4. The highest BCUT2D eigenvalue weighted by atomic mass is 32.2. The molecule has 0 aliphatic carbocycles. The van der Waals surface area contributed by atoms with E-state index in [2.05, 4.69) is 27.7 Å². The number of benzene rings is 2. The molecule has 4 aromatic rings. The quantitative estimate of drug-likeness (QED) is 0.479. The van der Waals surface area contributed by atoms with E-state index < -0.39 is 21.6 Å².